The number of nitrogens with one attached hydrogen (secondary N) is 3. The molecule has 1 heterocycles. The second-order valence-corrected chi connectivity index (χ2v) is 6.16. The molecule has 3 aromatic rings. The predicted molar refractivity (Wildman–Crippen MR) is 103 cm³/mol. The number of carbonyl (C=O) groups excluding carboxylic acids is 1. The average molecular weight is 353 g/mol. The van der Waals surface area contributed by atoms with Crippen molar-refractivity contribution in [1.29, 1.82) is 0 Å². The van der Waals surface area contributed by atoms with E-state index in [9.17, 15) is 4.79 Å². The van der Waals surface area contributed by atoms with E-state index in [1.807, 2.05) is 56.3 Å². The van der Waals surface area contributed by atoms with Crippen molar-refractivity contribution in [2.24, 2.45) is 0 Å². The van der Waals surface area contributed by atoms with Crippen LogP contribution in [0.4, 0.5) is 5.69 Å². The number of hydrogen-bond acceptors (Lipinski definition) is 3. The Morgan fingerprint density at radius 3 is 2.56 bits per heavy atom. The number of fused-ring (bicyclic) bond motifs is 1. The van der Waals surface area contributed by atoms with Crippen LogP contribution >= 0.6 is 12.2 Å². The van der Waals surface area contributed by atoms with Gasteiger partial charge in [-0.05, 0) is 49.3 Å². The number of thiocarbonyl (C=S) groups is 1. The smallest absolute Gasteiger partial charge is 0.258 e. The van der Waals surface area contributed by atoms with Gasteiger partial charge < -0.3 is 9.88 Å². The molecule has 128 valence electrons. The average Bonchev–Trinajstić information content (AvgIpc) is 3.00. The number of nitrogens with zero attached hydrogens (tertiary/aromatic N) is 2. The number of aromatic nitrogens is 2. The number of benzene rings is 2. The summed E-state index contributed by atoms with van der Waals surface area (Å²) >= 11 is 5.24. The Labute approximate surface area is 151 Å². The highest BCUT2D eigenvalue weighted by atomic mass is 32.1. The van der Waals surface area contributed by atoms with Gasteiger partial charge >= 0.3 is 0 Å². The van der Waals surface area contributed by atoms with E-state index in [4.69, 9.17) is 12.2 Å². The van der Waals surface area contributed by atoms with Crippen LogP contribution in [0.25, 0.3) is 11.0 Å². The molecule has 3 N–H and O–H groups in total. The summed E-state index contributed by atoms with van der Waals surface area (Å²) in [5.41, 5.74) is 10.2. The van der Waals surface area contributed by atoms with Crippen LogP contribution in [0.5, 0.6) is 0 Å². The maximum absolute atomic E-state index is 12.1. The first-order valence-electron chi connectivity index (χ1n) is 7.86. The highest BCUT2D eigenvalue weighted by Gasteiger charge is 2.08. The zero-order valence-corrected chi connectivity index (χ0v) is 14.9. The van der Waals surface area contributed by atoms with E-state index in [0.29, 0.717) is 5.11 Å². The number of para-hydroxylation sites is 3. The number of rotatable bonds is 3. The van der Waals surface area contributed by atoms with Gasteiger partial charge in [0.05, 0.1) is 17.4 Å². The first-order valence-corrected chi connectivity index (χ1v) is 8.27. The predicted octanol–water partition coefficient (Wildman–Crippen LogP) is 2.67. The molecule has 0 bridgehead atoms. The molecule has 0 fully saturated rings. The summed E-state index contributed by atoms with van der Waals surface area (Å²) in [6, 6.07) is 13.7. The second kappa shape index (κ2) is 7.31. The van der Waals surface area contributed by atoms with E-state index in [1.165, 1.54) is 0 Å². The second-order valence-electron chi connectivity index (χ2n) is 5.76. The van der Waals surface area contributed by atoms with Gasteiger partial charge in [-0.25, -0.2) is 4.98 Å². The standard InChI is InChI=1S/C18H19N5OS/c1-12-6-5-7-13(2)17(12)20-18(25)22-21-16(24)10-23-11-19-14-8-3-4-9-15(14)23/h3-9,11H,10H2,1-2H3,(H,21,24)(H2,20,22,25). The van der Waals surface area contributed by atoms with Crippen molar-refractivity contribution in [2.75, 3.05) is 5.32 Å². The van der Waals surface area contributed by atoms with Crippen molar-refractivity contribution >= 4 is 40.0 Å². The zero-order chi connectivity index (χ0) is 17.8. The van der Waals surface area contributed by atoms with Crippen LogP contribution in [0.1, 0.15) is 11.1 Å². The molecule has 0 radical (unpaired) electrons. The molecule has 1 aromatic heterocycles. The summed E-state index contributed by atoms with van der Waals surface area (Å²) in [7, 11) is 0. The van der Waals surface area contributed by atoms with Gasteiger partial charge in [-0.2, -0.15) is 0 Å². The van der Waals surface area contributed by atoms with Crippen molar-refractivity contribution in [3.8, 4) is 0 Å². The van der Waals surface area contributed by atoms with Gasteiger partial charge in [-0.1, -0.05) is 30.3 Å². The Bertz CT molecular complexity index is 914. The van der Waals surface area contributed by atoms with Crippen LogP contribution in [0, 0.1) is 13.8 Å². The lowest BCUT2D eigenvalue weighted by Gasteiger charge is -2.15. The first kappa shape index (κ1) is 16.9. The van der Waals surface area contributed by atoms with Crippen LogP contribution < -0.4 is 16.2 Å². The van der Waals surface area contributed by atoms with Crippen LogP contribution in [-0.4, -0.2) is 20.6 Å². The summed E-state index contributed by atoms with van der Waals surface area (Å²) in [6.07, 6.45) is 1.65. The van der Waals surface area contributed by atoms with Crippen molar-refractivity contribution in [3.63, 3.8) is 0 Å². The maximum Gasteiger partial charge on any atom is 0.258 e. The summed E-state index contributed by atoms with van der Waals surface area (Å²) < 4.78 is 1.79. The summed E-state index contributed by atoms with van der Waals surface area (Å²) in [5.74, 6) is -0.214. The normalized spacial score (nSPS) is 10.5. The van der Waals surface area contributed by atoms with Gasteiger partial charge in [0.15, 0.2) is 5.11 Å². The van der Waals surface area contributed by atoms with Crippen molar-refractivity contribution in [1.82, 2.24) is 20.4 Å². The molecule has 6 nitrogen and oxygen atoms in total. The Kier molecular flexibility index (Phi) is 4.95. The quantitative estimate of drug-likeness (QED) is 0.499. The third-order valence-corrected chi connectivity index (χ3v) is 4.08. The van der Waals surface area contributed by atoms with E-state index in [-0.39, 0.29) is 12.5 Å². The Balaban J connectivity index is 1.56. The molecule has 2 aromatic carbocycles. The Morgan fingerprint density at radius 1 is 1.08 bits per heavy atom. The van der Waals surface area contributed by atoms with Gasteiger partial charge in [-0.3, -0.25) is 15.6 Å². The molecule has 25 heavy (non-hydrogen) atoms. The fraction of sp³-hybridized carbons (Fsp3) is 0.167. The van der Waals surface area contributed by atoms with Gasteiger partial charge in [0.2, 0.25) is 0 Å². The van der Waals surface area contributed by atoms with E-state index in [1.54, 1.807) is 10.9 Å². The number of hydrogen-bond donors (Lipinski definition) is 3. The van der Waals surface area contributed by atoms with Gasteiger partial charge in [0, 0.05) is 5.69 Å². The molecule has 0 saturated carbocycles. The third-order valence-electron chi connectivity index (χ3n) is 3.88. The van der Waals surface area contributed by atoms with Gasteiger partial charge in [0.25, 0.3) is 5.91 Å². The molecular weight excluding hydrogens is 334 g/mol. The number of hydrazine groups is 1. The number of carbonyl (C=O) groups is 1. The monoisotopic (exact) mass is 353 g/mol. The van der Waals surface area contributed by atoms with E-state index < -0.39 is 0 Å². The third kappa shape index (κ3) is 3.95. The SMILES string of the molecule is Cc1cccc(C)c1NC(=S)NNC(=O)Cn1cnc2ccccc21. The molecule has 0 spiro atoms. The highest BCUT2D eigenvalue weighted by molar-refractivity contribution is 7.80. The van der Waals surface area contributed by atoms with E-state index in [0.717, 1.165) is 27.8 Å². The minimum absolute atomic E-state index is 0.152. The van der Waals surface area contributed by atoms with Crippen molar-refractivity contribution in [3.05, 3.63) is 59.9 Å². The lowest BCUT2D eigenvalue weighted by molar-refractivity contribution is -0.122. The topological polar surface area (TPSA) is 71.0 Å². The van der Waals surface area contributed by atoms with Crippen LogP contribution in [-0.2, 0) is 11.3 Å². The Morgan fingerprint density at radius 2 is 1.80 bits per heavy atom. The Hall–Kier alpha value is -2.93. The molecule has 0 atom stereocenters. The first-order chi connectivity index (χ1) is 12.0. The fourth-order valence-electron chi connectivity index (χ4n) is 2.61. The number of amides is 1. The molecule has 3 rings (SSSR count). The molecule has 0 aliphatic rings. The molecule has 0 saturated heterocycles. The zero-order valence-electron chi connectivity index (χ0n) is 14.0. The number of imidazole rings is 1. The van der Waals surface area contributed by atoms with E-state index in [2.05, 4.69) is 21.2 Å². The van der Waals surface area contributed by atoms with Crippen molar-refractivity contribution in [2.45, 2.75) is 20.4 Å². The minimum Gasteiger partial charge on any atom is -0.331 e. The van der Waals surface area contributed by atoms with Crippen molar-refractivity contribution < 1.29 is 4.79 Å². The van der Waals surface area contributed by atoms with Gasteiger partial charge in [-0.15, -0.1) is 0 Å². The van der Waals surface area contributed by atoms with Gasteiger partial charge in [0.1, 0.15) is 6.54 Å². The van der Waals surface area contributed by atoms with E-state index >= 15 is 0 Å². The summed E-state index contributed by atoms with van der Waals surface area (Å²) in [4.78, 5) is 16.4. The molecule has 1 amide bonds. The summed E-state index contributed by atoms with van der Waals surface area (Å²) in [5, 5.41) is 3.44. The lowest BCUT2D eigenvalue weighted by atomic mass is 10.1. The molecular formula is C18H19N5OS. The van der Waals surface area contributed by atoms with Crippen LogP contribution in [0.3, 0.4) is 0 Å². The van der Waals surface area contributed by atoms with Crippen LogP contribution in [0.15, 0.2) is 48.8 Å². The molecule has 0 aliphatic heterocycles. The highest BCUT2D eigenvalue weighted by Crippen LogP contribution is 2.19. The minimum atomic E-state index is -0.214. The largest absolute Gasteiger partial charge is 0.331 e. The molecule has 0 aliphatic carbocycles. The number of aryl methyl sites for hydroxylation is 2. The number of anilines is 1. The molecule has 7 heteroatoms. The molecule has 0 unspecified atom stereocenters. The maximum atomic E-state index is 12.1. The lowest BCUT2D eigenvalue weighted by Crippen LogP contribution is -2.45. The summed E-state index contributed by atoms with van der Waals surface area (Å²) in [6.45, 7) is 4.15. The fourth-order valence-corrected chi connectivity index (χ4v) is 2.77. The van der Waals surface area contributed by atoms with Crippen LogP contribution in [0.2, 0.25) is 0 Å².